The summed E-state index contributed by atoms with van der Waals surface area (Å²) in [7, 11) is 1.23. The van der Waals surface area contributed by atoms with E-state index in [0.717, 1.165) is 0 Å². The average molecular weight is 357 g/mol. The topological polar surface area (TPSA) is 71.1 Å². The molecule has 0 aliphatic carbocycles. The molecule has 1 unspecified atom stereocenters. The zero-order valence-electron chi connectivity index (χ0n) is 11.5. The summed E-state index contributed by atoms with van der Waals surface area (Å²) >= 11 is 3.36. The lowest BCUT2D eigenvalue weighted by atomic mass is 10.0. The predicted octanol–water partition coefficient (Wildman–Crippen LogP) is 2.51. The lowest BCUT2D eigenvalue weighted by Crippen LogP contribution is -2.17. The van der Waals surface area contributed by atoms with Gasteiger partial charge in [-0.05, 0) is 12.1 Å². The van der Waals surface area contributed by atoms with Gasteiger partial charge in [0, 0.05) is 17.0 Å². The van der Waals surface area contributed by atoms with Gasteiger partial charge in [-0.2, -0.15) is 0 Å². The summed E-state index contributed by atoms with van der Waals surface area (Å²) in [6.07, 6.45) is -0.973. The Labute approximate surface area is 129 Å². The monoisotopic (exact) mass is 356 g/mol. The van der Waals surface area contributed by atoms with Crippen LogP contribution < -0.4 is 9.47 Å². The molecule has 0 bridgehead atoms. The third-order valence-corrected chi connectivity index (χ3v) is 3.51. The fourth-order valence-corrected chi connectivity index (χ4v) is 2.39. The first-order valence-corrected chi connectivity index (χ1v) is 6.76. The van der Waals surface area contributed by atoms with Crippen molar-refractivity contribution >= 4 is 27.9 Å². The van der Waals surface area contributed by atoms with Crippen LogP contribution in [0, 0.1) is 0 Å². The van der Waals surface area contributed by atoms with Crippen molar-refractivity contribution in [3.05, 3.63) is 34.3 Å². The molecular formula is C14H13BrO6. The van der Waals surface area contributed by atoms with Gasteiger partial charge in [-0.1, -0.05) is 22.5 Å². The molecule has 0 amide bonds. The number of rotatable bonds is 4. The molecule has 21 heavy (non-hydrogen) atoms. The lowest BCUT2D eigenvalue weighted by Gasteiger charge is -2.20. The number of carbonyl (C=O) groups excluding carboxylic acids is 2. The molecule has 1 aliphatic rings. The molecule has 0 N–H and O–H groups in total. The number of ether oxygens (including phenoxy) is 4. The van der Waals surface area contributed by atoms with Crippen molar-refractivity contribution < 1.29 is 28.5 Å². The molecule has 0 radical (unpaired) electrons. The first-order chi connectivity index (χ1) is 9.93. The van der Waals surface area contributed by atoms with Crippen molar-refractivity contribution in [3.8, 4) is 11.5 Å². The van der Waals surface area contributed by atoms with Gasteiger partial charge in [-0.3, -0.25) is 4.79 Å². The zero-order valence-corrected chi connectivity index (χ0v) is 13.1. The zero-order chi connectivity index (χ0) is 15.6. The quantitative estimate of drug-likeness (QED) is 0.609. The molecule has 1 heterocycles. The van der Waals surface area contributed by atoms with Crippen molar-refractivity contribution in [1.29, 1.82) is 0 Å². The minimum Gasteiger partial charge on any atom is -0.466 e. The molecule has 2 rings (SSSR count). The highest BCUT2D eigenvalue weighted by Crippen LogP contribution is 2.41. The van der Waals surface area contributed by atoms with Crippen LogP contribution in [-0.2, 0) is 19.1 Å². The summed E-state index contributed by atoms with van der Waals surface area (Å²) in [6.45, 7) is 5.01. The maximum absolute atomic E-state index is 11.7. The van der Waals surface area contributed by atoms with Crippen molar-refractivity contribution in [2.75, 3.05) is 13.9 Å². The summed E-state index contributed by atoms with van der Waals surface area (Å²) in [5.74, 6) is -0.140. The highest BCUT2D eigenvalue weighted by molar-refractivity contribution is 9.10. The average Bonchev–Trinajstić information content (AvgIpc) is 2.89. The summed E-state index contributed by atoms with van der Waals surface area (Å²) in [4.78, 5) is 23.0. The van der Waals surface area contributed by atoms with Gasteiger partial charge in [0.2, 0.25) is 6.79 Å². The van der Waals surface area contributed by atoms with Crippen LogP contribution in [-0.4, -0.2) is 25.8 Å². The van der Waals surface area contributed by atoms with E-state index in [1.165, 1.54) is 14.0 Å². The van der Waals surface area contributed by atoms with E-state index >= 15 is 0 Å². The molecule has 1 aromatic carbocycles. The maximum Gasteiger partial charge on any atom is 0.337 e. The molecular weight excluding hydrogens is 344 g/mol. The van der Waals surface area contributed by atoms with Crippen LogP contribution in [0.3, 0.4) is 0 Å². The van der Waals surface area contributed by atoms with Crippen molar-refractivity contribution in [1.82, 2.24) is 0 Å². The van der Waals surface area contributed by atoms with E-state index in [0.29, 0.717) is 21.5 Å². The Hall–Kier alpha value is -2.02. The number of benzene rings is 1. The molecule has 0 saturated carbocycles. The fourth-order valence-electron chi connectivity index (χ4n) is 1.86. The van der Waals surface area contributed by atoms with Gasteiger partial charge in [0.15, 0.2) is 17.6 Å². The molecule has 1 atom stereocenters. The molecule has 0 fully saturated rings. The minimum absolute atomic E-state index is 0.00673. The van der Waals surface area contributed by atoms with Crippen LogP contribution in [0.4, 0.5) is 0 Å². The standard InChI is InChI=1S/C14H13BrO6/c1-7(14(17)18-3)13(21-8(2)16)9-4-11-12(5-10(9)15)20-6-19-11/h4-5,13H,1,6H2,2-3H3. The SMILES string of the molecule is C=C(C(=O)OC)C(OC(C)=O)c1cc2c(cc1Br)OCO2. The Morgan fingerprint density at radius 3 is 2.52 bits per heavy atom. The van der Waals surface area contributed by atoms with Gasteiger partial charge in [0.05, 0.1) is 12.7 Å². The third kappa shape index (κ3) is 3.18. The van der Waals surface area contributed by atoms with E-state index in [2.05, 4.69) is 27.2 Å². The van der Waals surface area contributed by atoms with E-state index in [-0.39, 0.29) is 12.4 Å². The second-order valence-electron chi connectivity index (χ2n) is 4.23. The fraction of sp³-hybridized carbons (Fsp3) is 0.286. The summed E-state index contributed by atoms with van der Waals surface area (Å²) in [5.41, 5.74) is 0.525. The van der Waals surface area contributed by atoms with Gasteiger partial charge in [-0.25, -0.2) is 4.79 Å². The van der Waals surface area contributed by atoms with Crippen LogP contribution in [0.5, 0.6) is 11.5 Å². The second kappa shape index (κ2) is 6.17. The van der Waals surface area contributed by atoms with E-state index < -0.39 is 18.0 Å². The van der Waals surface area contributed by atoms with E-state index in [9.17, 15) is 9.59 Å². The van der Waals surface area contributed by atoms with Gasteiger partial charge >= 0.3 is 11.9 Å². The number of halogens is 1. The predicted molar refractivity (Wildman–Crippen MR) is 75.9 cm³/mol. The first-order valence-electron chi connectivity index (χ1n) is 5.97. The summed E-state index contributed by atoms with van der Waals surface area (Å²) in [5, 5.41) is 0. The molecule has 112 valence electrons. The maximum atomic E-state index is 11.7. The van der Waals surface area contributed by atoms with Crippen LogP contribution in [0.25, 0.3) is 0 Å². The van der Waals surface area contributed by atoms with Crippen LogP contribution >= 0.6 is 15.9 Å². The van der Waals surface area contributed by atoms with E-state index in [1.807, 2.05) is 0 Å². The first kappa shape index (κ1) is 15.4. The van der Waals surface area contributed by atoms with E-state index in [1.54, 1.807) is 12.1 Å². The highest BCUT2D eigenvalue weighted by atomic mass is 79.9. The second-order valence-corrected chi connectivity index (χ2v) is 5.09. The molecule has 0 aromatic heterocycles. The van der Waals surface area contributed by atoms with Gasteiger partial charge in [0.25, 0.3) is 0 Å². The Morgan fingerprint density at radius 2 is 1.95 bits per heavy atom. The molecule has 7 heteroatoms. The van der Waals surface area contributed by atoms with E-state index in [4.69, 9.17) is 14.2 Å². The smallest absolute Gasteiger partial charge is 0.337 e. The number of hydrogen-bond donors (Lipinski definition) is 0. The Morgan fingerprint density at radius 1 is 1.33 bits per heavy atom. The number of hydrogen-bond acceptors (Lipinski definition) is 6. The molecule has 1 aliphatic heterocycles. The molecule has 0 saturated heterocycles. The molecule has 0 spiro atoms. The molecule has 1 aromatic rings. The summed E-state index contributed by atoms with van der Waals surface area (Å²) in [6, 6.07) is 3.31. The number of carbonyl (C=O) groups is 2. The summed E-state index contributed by atoms with van der Waals surface area (Å²) < 4.78 is 21.0. The number of fused-ring (bicyclic) bond motifs is 1. The third-order valence-electron chi connectivity index (χ3n) is 2.82. The lowest BCUT2D eigenvalue weighted by molar-refractivity contribution is -0.147. The van der Waals surface area contributed by atoms with Crippen molar-refractivity contribution in [3.63, 3.8) is 0 Å². The van der Waals surface area contributed by atoms with Crippen molar-refractivity contribution in [2.45, 2.75) is 13.0 Å². The van der Waals surface area contributed by atoms with Gasteiger partial charge in [-0.15, -0.1) is 0 Å². The minimum atomic E-state index is -0.973. The van der Waals surface area contributed by atoms with Crippen LogP contribution in [0.2, 0.25) is 0 Å². The number of methoxy groups -OCH3 is 1. The Balaban J connectivity index is 2.43. The highest BCUT2D eigenvalue weighted by Gasteiger charge is 2.29. The largest absolute Gasteiger partial charge is 0.466 e. The Bertz CT molecular complexity index is 610. The Kier molecular flexibility index (Phi) is 4.52. The van der Waals surface area contributed by atoms with Gasteiger partial charge < -0.3 is 18.9 Å². The normalized spacial score (nSPS) is 13.5. The van der Waals surface area contributed by atoms with Crippen LogP contribution in [0.1, 0.15) is 18.6 Å². The van der Waals surface area contributed by atoms with Gasteiger partial charge in [0.1, 0.15) is 0 Å². The van der Waals surface area contributed by atoms with Crippen LogP contribution in [0.15, 0.2) is 28.8 Å². The number of esters is 2. The molecule has 6 nitrogen and oxygen atoms in total. The van der Waals surface area contributed by atoms with Crippen molar-refractivity contribution in [2.24, 2.45) is 0 Å².